The van der Waals surface area contributed by atoms with Crippen LogP contribution in [0.3, 0.4) is 0 Å². The lowest BCUT2D eigenvalue weighted by molar-refractivity contribution is 0.0597. The zero-order valence-corrected chi connectivity index (χ0v) is 11.9. The van der Waals surface area contributed by atoms with Crippen molar-refractivity contribution in [3.8, 4) is 5.75 Å². The summed E-state index contributed by atoms with van der Waals surface area (Å²) in [6, 6.07) is 11.3. The lowest BCUT2D eigenvalue weighted by Crippen LogP contribution is -2.11. The smallest absolute Gasteiger partial charge is 0.338 e. The molecule has 1 N–H and O–H groups in total. The average Bonchev–Trinajstić information content (AvgIpc) is 2.54. The highest BCUT2D eigenvalue weighted by Gasteiger charge is 2.20. The van der Waals surface area contributed by atoms with Crippen LogP contribution in [0.25, 0.3) is 0 Å². The van der Waals surface area contributed by atoms with Gasteiger partial charge in [0.2, 0.25) is 0 Å². The third-order valence-corrected chi connectivity index (χ3v) is 3.29. The summed E-state index contributed by atoms with van der Waals surface area (Å²) >= 11 is 0. The summed E-state index contributed by atoms with van der Waals surface area (Å²) < 4.78 is 4.68. The minimum Gasteiger partial charge on any atom is -0.507 e. The molecule has 0 radical (unpaired) electrons. The van der Waals surface area contributed by atoms with Crippen LogP contribution in [0.2, 0.25) is 0 Å². The fourth-order valence-electron chi connectivity index (χ4n) is 2.10. The quantitative estimate of drug-likeness (QED) is 0.692. The van der Waals surface area contributed by atoms with E-state index >= 15 is 0 Å². The molecule has 0 fully saturated rings. The van der Waals surface area contributed by atoms with Gasteiger partial charge in [-0.25, -0.2) is 4.79 Å². The van der Waals surface area contributed by atoms with Gasteiger partial charge >= 0.3 is 5.97 Å². The van der Waals surface area contributed by atoms with Crippen molar-refractivity contribution in [3.05, 3.63) is 64.7 Å². The van der Waals surface area contributed by atoms with Crippen molar-refractivity contribution in [1.29, 1.82) is 0 Å². The number of esters is 1. The Morgan fingerprint density at radius 3 is 2.33 bits per heavy atom. The van der Waals surface area contributed by atoms with E-state index in [1.54, 1.807) is 30.3 Å². The number of ether oxygens (including phenoxy) is 1. The summed E-state index contributed by atoms with van der Waals surface area (Å²) in [5, 5.41) is 9.91. The van der Waals surface area contributed by atoms with Gasteiger partial charge in [0.15, 0.2) is 5.78 Å². The van der Waals surface area contributed by atoms with Crippen molar-refractivity contribution >= 4 is 11.8 Å². The Kier molecular flexibility index (Phi) is 4.38. The second kappa shape index (κ2) is 6.22. The van der Waals surface area contributed by atoms with E-state index in [1.807, 2.05) is 6.92 Å². The number of hydrogen-bond acceptors (Lipinski definition) is 4. The number of carbonyl (C=O) groups is 2. The van der Waals surface area contributed by atoms with E-state index in [2.05, 4.69) is 4.74 Å². The van der Waals surface area contributed by atoms with Crippen LogP contribution in [-0.4, -0.2) is 24.0 Å². The third-order valence-electron chi connectivity index (χ3n) is 3.29. The maximum Gasteiger partial charge on any atom is 0.338 e. The van der Waals surface area contributed by atoms with Crippen LogP contribution in [0, 0.1) is 0 Å². The summed E-state index contributed by atoms with van der Waals surface area (Å²) in [4.78, 5) is 24.3. The molecule has 0 unspecified atom stereocenters. The molecule has 4 heteroatoms. The molecule has 0 bridgehead atoms. The zero-order chi connectivity index (χ0) is 15.4. The van der Waals surface area contributed by atoms with Crippen LogP contribution in [0.5, 0.6) is 5.75 Å². The number of carbonyl (C=O) groups excluding carboxylic acids is 2. The van der Waals surface area contributed by atoms with E-state index in [9.17, 15) is 14.7 Å². The fourth-order valence-corrected chi connectivity index (χ4v) is 2.10. The first kappa shape index (κ1) is 14.8. The SMILES string of the molecule is CCc1ccc(O)c(C(=O)c2ccccc2C(=O)OC)c1. The minimum atomic E-state index is -0.579. The van der Waals surface area contributed by atoms with Crippen LogP contribution in [0.1, 0.15) is 38.8 Å². The molecule has 0 aliphatic heterocycles. The molecule has 2 aromatic rings. The Labute approximate surface area is 123 Å². The molecule has 2 aromatic carbocycles. The van der Waals surface area contributed by atoms with Gasteiger partial charge in [-0.15, -0.1) is 0 Å². The molecule has 0 atom stereocenters. The molecular weight excluding hydrogens is 268 g/mol. The first-order valence-corrected chi connectivity index (χ1v) is 6.62. The number of phenolic OH excluding ortho intramolecular Hbond substituents is 1. The van der Waals surface area contributed by atoms with Crippen LogP contribution in [0.15, 0.2) is 42.5 Å². The van der Waals surface area contributed by atoms with E-state index in [0.29, 0.717) is 0 Å². The highest BCUT2D eigenvalue weighted by molar-refractivity contribution is 6.15. The van der Waals surface area contributed by atoms with Crippen molar-refractivity contribution in [2.24, 2.45) is 0 Å². The Morgan fingerprint density at radius 2 is 1.71 bits per heavy atom. The zero-order valence-electron chi connectivity index (χ0n) is 11.9. The second-order valence-corrected chi connectivity index (χ2v) is 4.57. The molecule has 0 aromatic heterocycles. The van der Waals surface area contributed by atoms with Gasteiger partial charge in [0.1, 0.15) is 5.75 Å². The number of ketones is 1. The number of phenols is 1. The molecule has 0 heterocycles. The van der Waals surface area contributed by atoms with Crippen molar-refractivity contribution in [3.63, 3.8) is 0 Å². The first-order valence-electron chi connectivity index (χ1n) is 6.62. The summed E-state index contributed by atoms with van der Waals surface area (Å²) in [5.74, 6) is -1.08. The van der Waals surface area contributed by atoms with E-state index in [-0.39, 0.29) is 22.4 Å². The maximum absolute atomic E-state index is 12.6. The normalized spacial score (nSPS) is 10.2. The highest BCUT2D eigenvalue weighted by atomic mass is 16.5. The predicted molar refractivity (Wildman–Crippen MR) is 78.7 cm³/mol. The summed E-state index contributed by atoms with van der Waals surface area (Å²) in [6.07, 6.45) is 0.749. The first-order chi connectivity index (χ1) is 10.1. The van der Waals surface area contributed by atoms with Gasteiger partial charge in [-0.1, -0.05) is 31.2 Å². The monoisotopic (exact) mass is 284 g/mol. The Morgan fingerprint density at radius 1 is 1.05 bits per heavy atom. The summed E-state index contributed by atoms with van der Waals surface area (Å²) in [6.45, 7) is 1.96. The summed E-state index contributed by atoms with van der Waals surface area (Å²) in [7, 11) is 1.26. The van der Waals surface area contributed by atoms with Crippen LogP contribution >= 0.6 is 0 Å². The average molecular weight is 284 g/mol. The molecule has 0 saturated carbocycles. The number of methoxy groups -OCH3 is 1. The van der Waals surface area contributed by atoms with Crippen LogP contribution in [0.4, 0.5) is 0 Å². The molecular formula is C17H16O4. The molecule has 108 valence electrons. The molecule has 0 spiro atoms. The lowest BCUT2D eigenvalue weighted by atomic mass is 9.96. The predicted octanol–water partition coefficient (Wildman–Crippen LogP) is 2.97. The van der Waals surface area contributed by atoms with Gasteiger partial charge in [0.05, 0.1) is 18.2 Å². The number of hydrogen-bond donors (Lipinski definition) is 1. The maximum atomic E-state index is 12.6. The molecule has 0 amide bonds. The van der Waals surface area contributed by atoms with Crippen LogP contribution in [-0.2, 0) is 11.2 Å². The van der Waals surface area contributed by atoms with Gasteiger partial charge in [0, 0.05) is 5.56 Å². The Balaban J connectivity index is 2.53. The van der Waals surface area contributed by atoms with E-state index in [4.69, 9.17) is 0 Å². The molecule has 0 aliphatic carbocycles. The molecule has 0 aliphatic rings. The van der Waals surface area contributed by atoms with Crippen molar-refractivity contribution < 1.29 is 19.4 Å². The molecule has 0 saturated heterocycles. The van der Waals surface area contributed by atoms with Gasteiger partial charge in [-0.3, -0.25) is 4.79 Å². The third kappa shape index (κ3) is 2.94. The molecule has 4 nitrogen and oxygen atoms in total. The van der Waals surface area contributed by atoms with E-state index in [0.717, 1.165) is 12.0 Å². The fraction of sp³-hybridized carbons (Fsp3) is 0.176. The van der Waals surface area contributed by atoms with E-state index in [1.165, 1.54) is 19.2 Å². The van der Waals surface area contributed by atoms with Crippen molar-refractivity contribution in [2.45, 2.75) is 13.3 Å². The highest BCUT2D eigenvalue weighted by Crippen LogP contribution is 2.24. The van der Waals surface area contributed by atoms with Gasteiger partial charge in [0.25, 0.3) is 0 Å². The van der Waals surface area contributed by atoms with Gasteiger partial charge < -0.3 is 9.84 Å². The van der Waals surface area contributed by atoms with Crippen molar-refractivity contribution in [1.82, 2.24) is 0 Å². The number of aromatic hydroxyl groups is 1. The topological polar surface area (TPSA) is 63.6 Å². The standard InChI is InChI=1S/C17H16O4/c1-3-11-8-9-15(18)14(10-11)16(19)12-6-4-5-7-13(12)17(20)21-2/h4-10,18H,3H2,1-2H3. The molecule has 21 heavy (non-hydrogen) atoms. The largest absolute Gasteiger partial charge is 0.507 e. The van der Waals surface area contributed by atoms with E-state index < -0.39 is 11.8 Å². The van der Waals surface area contributed by atoms with Gasteiger partial charge in [-0.05, 0) is 30.2 Å². The number of benzene rings is 2. The van der Waals surface area contributed by atoms with Crippen molar-refractivity contribution in [2.75, 3.05) is 7.11 Å². The number of aryl methyl sites for hydroxylation is 1. The number of rotatable bonds is 4. The summed E-state index contributed by atoms with van der Waals surface area (Å²) in [5.41, 5.74) is 1.52. The Hall–Kier alpha value is -2.62. The Bertz CT molecular complexity index is 689. The second-order valence-electron chi connectivity index (χ2n) is 4.57. The molecule has 2 rings (SSSR count). The minimum absolute atomic E-state index is 0.100. The van der Waals surface area contributed by atoms with Crippen LogP contribution < -0.4 is 0 Å². The van der Waals surface area contributed by atoms with Gasteiger partial charge in [-0.2, -0.15) is 0 Å². The lowest BCUT2D eigenvalue weighted by Gasteiger charge is -2.09.